The Kier molecular flexibility index (Phi) is 7.28. The van der Waals surface area contributed by atoms with Gasteiger partial charge in [-0.05, 0) is 47.5 Å². The zero-order chi connectivity index (χ0) is 20.5. The highest BCUT2D eigenvalue weighted by Crippen LogP contribution is 2.28. The molecular formula is C22H22O6. The Hall–Kier alpha value is -3.67. The minimum absolute atomic E-state index is 0.0174. The monoisotopic (exact) mass is 382 g/mol. The van der Waals surface area contributed by atoms with Crippen LogP contribution in [0.25, 0.3) is 12.2 Å². The standard InChI is InChI=1S/C22H22O6/c1-26-20-11-7-16(13-22(20)28-3)5-9-18(24)14-17(23)8-4-15-6-10-19(25)21(12-15)27-2/h4-14,24-25H,1-3H3. The minimum atomic E-state index is -0.387. The fourth-order valence-electron chi connectivity index (χ4n) is 2.36. The van der Waals surface area contributed by atoms with Crippen LogP contribution in [0.2, 0.25) is 0 Å². The van der Waals surface area contributed by atoms with Crippen molar-refractivity contribution in [3.63, 3.8) is 0 Å². The molecule has 0 amide bonds. The lowest BCUT2D eigenvalue weighted by Gasteiger charge is -2.07. The van der Waals surface area contributed by atoms with Crippen LogP contribution >= 0.6 is 0 Å². The Morgan fingerprint density at radius 1 is 0.821 bits per heavy atom. The van der Waals surface area contributed by atoms with Crippen LogP contribution in [0.15, 0.2) is 60.4 Å². The van der Waals surface area contributed by atoms with E-state index in [9.17, 15) is 15.0 Å². The predicted molar refractivity (Wildman–Crippen MR) is 108 cm³/mol. The van der Waals surface area contributed by atoms with Crippen LogP contribution in [0.1, 0.15) is 11.1 Å². The van der Waals surface area contributed by atoms with Crippen molar-refractivity contribution < 1.29 is 29.2 Å². The van der Waals surface area contributed by atoms with E-state index in [-0.39, 0.29) is 17.3 Å². The number of hydrogen-bond donors (Lipinski definition) is 2. The van der Waals surface area contributed by atoms with Crippen molar-refractivity contribution in [1.29, 1.82) is 0 Å². The number of aliphatic hydroxyl groups is 1. The molecule has 0 aliphatic rings. The summed E-state index contributed by atoms with van der Waals surface area (Å²) < 4.78 is 15.4. The summed E-state index contributed by atoms with van der Waals surface area (Å²) in [4.78, 5) is 12.0. The number of allylic oxidation sites excluding steroid dienone is 3. The van der Waals surface area contributed by atoms with Gasteiger partial charge in [-0.3, -0.25) is 4.79 Å². The number of aromatic hydroxyl groups is 1. The highest BCUT2D eigenvalue weighted by atomic mass is 16.5. The number of phenolic OH excluding ortho intramolecular Hbond substituents is 1. The molecule has 2 N–H and O–H groups in total. The summed E-state index contributed by atoms with van der Waals surface area (Å²) in [5, 5.41) is 19.5. The molecule has 0 spiro atoms. The molecule has 0 radical (unpaired) electrons. The SMILES string of the molecule is COc1cc(C=CC(=O)C=C(O)C=Cc2ccc(OC)c(OC)c2)ccc1O. The van der Waals surface area contributed by atoms with Crippen LogP contribution in [0.4, 0.5) is 0 Å². The van der Waals surface area contributed by atoms with E-state index < -0.39 is 0 Å². The van der Waals surface area contributed by atoms with Crippen molar-refractivity contribution >= 4 is 17.9 Å². The third kappa shape index (κ3) is 5.67. The number of carbonyl (C=O) groups excluding carboxylic acids is 1. The van der Waals surface area contributed by atoms with E-state index in [2.05, 4.69) is 0 Å². The van der Waals surface area contributed by atoms with Gasteiger partial charge in [-0.15, -0.1) is 0 Å². The smallest absolute Gasteiger partial charge is 0.182 e. The Labute approximate surface area is 163 Å². The molecular weight excluding hydrogens is 360 g/mol. The van der Waals surface area contributed by atoms with Gasteiger partial charge < -0.3 is 24.4 Å². The molecule has 0 atom stereocenters. The van der Waals surface area contributed by atoms with Crippen LogP contribution in [0.3, 0.4) is 0 Å². The topological polar surface area (TPSA) is 85.2 Å². The number of benzene rings is 2. The van der Waals surface area contributed by atoms with Gasteiger partial charge in [0, 0.05) is 6.08 Å². The fraction of sp³-hybridized carbons (Fsp3) is 0.136. The Morgan fingerprint density at radius 2 is 1.39 bits per heavy atom. The van der Waals surface area contributed by atoms with E-state index in [0.717, 1.165) is 11.6 Å². The van der Waals surface area contributed by atoms with Crippen molar-refractivity contribution in [3.8, 4) is 23.0 Å². The number of hydrogen-bond acceptors (Lipinski definition) is 6. The molecule has 6 nitrogen and oxygen atoms in total. The first-order chi connectivity index (χ1) is 13.5. The summed E-state index contributed by atoms with van der Waals surface area (Å²) in [6.45, 7) is 0. The van der Waals surface area contributed by atoms with Crippen LogP contribution in [0.5, 0.6) is 23.0 Å². The second-order valence-electron chi connectivity index (χ2n) is 5.68. The first kappa shape index (κ1) is 20.6. The van der Waals surface area contributed by atoms with E-state index in [1.54, 1.807) is 49.6 Å². The summed E-state index contributed by atoms with van der Waals surface area (Å²) >= 11 is 0. The quantitative estimate of drug-likeness (QED) is 0.405. The summed E-state index contributed by atoms with van der Waals surface area (Å²) in [7, 11) is 4.53. The molecule has 28 heavy (non-hydrogen) atoms. The van der Waals surface area contributed by atoms with Crippen molar-refractivity contribution in [2.24, 2.45) is 0 Å². The molecule has 0 unspecified atom stereocenters. The van der Waals surface area contributed by atoms with Gasteiger partial charge in [0.25, 0.3) is 0 Å². The Morgan fingerprint density at radius 3 is 2.04 bits per heavy atom. The first-order valence-corrected chi connectivity index (χ1v) is 8.36. The third-order valence-corrected chi connectivity index (χ3v) is 3.79. The van der Waals surface area contributed by atoms with Crippen molar-refractivity contribution in [2.75, 3.05) is 21.3 Å². The molecule has 0 aromatic heterocycles. The summed E-state index contributed by atoms with van der Waals surface area (Å²) in [5.41, 5.74) is 1.45. The lowest BCUT2D eigenvalue weighted by Crippen LogP contribution is -1.91. The van der Waals surface area contributed by atoms with Gasteiger partial charge in [-0.2, -0.15) is 0 Å². The normalized spacial score (nSPS) is 11.8. The number of aliphatic hydroxyl groups excluding tert-OH is 1. The van der Waals surface area contributed by atoms with E-state index >= 15 is 0 Å². The molecule has 0 saturated heterocycles. The first-order valence-electron chi connectivity index (χ1n) is 8.36. The maximum atomic E-state index is 12.0. The molecule has 6 heteroatoms. The van der Waals surface area contributed by atoms with Crippen LogP contribution < -0.4 is 14.2 Å². The van der Waals surface area contributed by atoms with Crippen LogP contribution in [0, 0.1) is 0 Å². The van der Waals surface area contributed by atoms with Gasteiger partial charge in [0.15, 0.2) is 28.8 Å². The number of methoxy groups -OCH3 is 3. The molecule has 0 aliphatic heterocycles. The highest BCUT2D eigenvalue weighted by molar-refractivity contribution is 6.02. The average Bonchev–Trinajstić information content (AvgIpc) is 2.71. The van der Waals surface area contributed by atoms with Gasteiger partial charge in [0.1, 0.15) is 5.76 Å². The molecule has 2 aromatic carbocycles. The van der Waals surface area contributed by atoms with Crippen molar-refractivity contribution in [2.45, 2.75) is 0 Å². The largest absolute Gasteiger partial charge is 0.508 e. The molecule has 0 heterocycles. The minimum Gasteiger partial charge on any atom is -0.508 e. The fourth-order valence-corrected chi connectivity index (χ4v) is 2.36. The zero-order valence-corrected chi connectivity index (χ0v) is 15.9. The number of ketones is 1. The van der Waals surface area contributed by atoms with Gasteiger partial charge in [0.05, 0.1) is 21.3 Å². The van der Waals surface area contributed by atoms with Gasteiger partial charge in [-0.25, -0.2) is 0 Å². The summed E-state index contributed by atoms with van der Waals surface area (Å²) in [5.74, 6) is 0.922. The van der Waals surface area contributed by atoms with Crippen molar-refractivity contribution in [1.82, 2.24) is 0 Å². The highest BCUT2D eigenvalue weighted by Gasteiger charge is 2.03. The Bertz CT molecular complexity index is 925. The van der Waals surface area contributed by atoms with Gasteiger partial charge in [-0.1, -0.05) is 24.3 Å². The average molecular weight is 382 g/mol. The second kappa shape index (κ2) is 9.87. The molecule has 2 aromatic rings. The van der Waals surface area contributed by atoms with Crippen LogP contribution in [-0.4, -0.2) is 37.3 Å². The lowest BCUT2D eigenvalue weighted by atomic mass is 10.1. The number of carbonyl (C=O) groups is 1. The maximum absolute atomic E-state index is 12.0. The van der Waals surface area contributed by atoms with Gasteiger partial charge in [0.2, 0.25) is 0 Å². The number of rotatable bonds is 8. The lowest BCUT2D eigenvalue weighted by molar-refractivity contribution is -0.110. The number of ether oxygens (including phenoxy) is 3. The molecule has 0 fully saturated rings. The second-order valence-corrected chi connectivity index (χ2v) is 5.68. The number of phenols is 1. The molecule has 0 aliphatic carbocycles. The van der Waals surface area contributed by atoms with Crippen LogP contribution in [-0.2, 0) is 4.79 Å². The van der Waals surface area contributed by atoms with Crippen molar-refractivity contribution in [3.05, 3.63) is 71.5 Å². The van der Waals surface area contributed by atoms with E-state index in [1.165, 1.54) is 32.4 Å². The summed E-state index contributed by atoms with van der Waals surface area (Å²) in [6.07, 6.45) is 7.04. The van der Waals surface area contributed by atoms with E-state index in [1.807, 2.05) is 0 Å². The van der Waals surface area contributed by atoms with E-state index in [0.29, 0.717) is 22.8 Å². The summed E-state index contributed by atoms with van der Waals surface area (Å²) in [6, 6.07) is 10.0. The van der Waals surface area contributed by atoms with E-state index in [4.69, 9.17) is 14.2 Å². The molecule has 146 valence electrons. The molecule has 2 rings (SSSR count). The Balaban J connectivity index is 2.06. The van der Waals surface area contributed by atoms with Gasteiger partial charge >= 0.3 is 0 Å². The molecule has 0 bridgehead atoms. The third-order valence-electron chi connectivity index (χ3n) is 3.79. The molecule has 0 saturated carbocycles. The zero-order valence-electron chi connectivity index (χ0n) is 15.9. The maximum Gasteiger partial charge on any atom is 0.182 e. The predicted octanol–water partition coefficient (Wildman–Crippen LogP) is 4.16.